The van der Waals surface area contributed by atoms with Crippen LogP contribution in [0.3, 0.4) is 0 Å². The highest BCUT2D eigenvalue weighted by molar-refractivity contribution is 6.02. The number of benzene rings is 2. The van der Waals surface area contributed by atoms with Crippen molar-refractivity contribution >= 4 is 11.5 Å². The minimum atomic E-state index is -0.242. The molecule has 0 spiro atoms. The second kappa shape index (κ2) is 6.92. The fourth-order valence-electron chi connectivity index (χ4n) is 2.88. The molecule has 1 heterocycles. The van der Waals surface area contributed by atoms with Gasteiger partial charge >= 0.3 is 0 Å². The van der Waals surface area contributed by atoms with Gasteiger partial charge < -0.3 is 10.2 Å². The second-order valence-electron chi connectivity index (χ2n) is 5.82. The highest BCUT2D eigenvalue weighted by atomic mass is 19.1. The maximum absolute atomic E-state index is 13.6. The van der Waals surface area contributed by atoms with E-state index >= 15 is 0 Å². The van der Waals surface area contributed by atoms with Crippen LogP contribution < -0.4 is 5.32 Å². The summed E-state index contributed by atoms with van der Waals surface area (Å²) < 4.78 is 13.6. The summed E-state index contributed by atoms with van der Waals surface area (Å²) in [5.41, 5.74) is 4.15. The molecule has 120 valence electrons. The third kappa shape index (κ3) is 3.42. The highest BCUT2D eigenvalue weighted by Crippen LogP contribution is 2.30. The van der Waals surface area contributed by atoms with Crippen LogP contribution in [0.5, 0.6) is 0 Å². The number of aliphatic imine (C=N–C) groups is 1. The second-order valence-corrected chi connectivity index (χ2v) is 5.82. The van der Waals surface area contributed by atoms with Gasteiger partial charge in [-0.1, -0.05) is 37.3 Å². The number of halogens is 1. The summed E-state index contributed by atoms with van der Waals surface area (Å²) in [6, 6.07) is 13.2. The van der Waals surface area contributed by atoms with Crippen LogP contribution in [-0.2, 0) is 6.42 Å². The predicted octanol–water partition coefficient (Wildman–Crippen LogP) is 3.35. The van der Waals surface area contributed by atoms with Crippen molar-refractivity contribution in [2.24, 2.45) is 4.99 Å². The van der Waals surface area contributed by atoms with Crippen LogP contribution in [0.15, 0.2) is 47.5 Å². The zero-order chi connectivity index (χ0) is 16.2. The number of hydrogen-bond acceptors (Lipinski definition) is 3. The molecule has 0 atom stereocenters. The van der Waals surface area contributed by atoms with E-state index in [9.17, 15) is 4.39 Å². The lowest BCUT2D eigenvalue weighted by molar-refractivity contribution is 0.487. The number of fused-ring (bicyclic) bond motifs is 2. The molecule has 0 bridgehead atoms. The summed E-state index contributed by atoms with van der Waals surface area (Å²) in [6.07, 6.45) is 0.778. The van der Waals surface area contributed by atoms with Crippen LogP contribution >= 0.6 is 0 Å². The van der Waals surface area contributed by atoms with Crippen LogP contribution in [0, 0.1) is 5.82 Å². The first-order chi connectivity index (χ1) is 11.2. The molecule has 0 fully saturated rings. The van der Waals surface area contributed by atoms with E-state index in [2.05, 4.69) is 29.3 Å². The number of likely N-dealkylation sites (N-methyl/N-ethyl adjacent to an activating group) is 2. The third-order valence-corrected chi connectivity index (χ3v) is 4.15. The van der Waals surface area contributed by atoms with Gasteiger partial charge in [0, 0.05) is 32.1 Å². The molecule has 0 radical (unpaired) electrons. The molecule has 0 unspecified atom stereocenters. The van der Waals surface area contributed by atoms with Gasteiger partial charge in [-0.3, -0.25) is 0 Å². The summed E-state index contributed by atoms with van der Waals surface area (Å²) >= 11 is 0. The van der Waals surface area contributed by atoms with Crippen molar-refractivity contribution in [3.05, 3.63) is 65.0 Å². The number of hydrogen-bond donors (Lipinski definition) is 1. The molecule has 4 heteroatoms. The average Bonchev–Trinajstić information content (AvgIpc) is 2.71. The fraction of sp³-hybridized carbons (Fsp3) is 0.316. The van der Waals surface area contributed by atoms with E-state index in [1.807, 2.05) is 25.2 Å². The first-order valence-corrected chi connectivity index (χ1v) is 8.06. The van der Waals surface area contributed by atoms with E-state index in [-0.39, 0.29) is 5.82 Å². The molecule has 0 amide bonds. The lowest BCUT2D eigenvalue weighted by Gasteiger charge is -2.22. The molecule has 2 aromatic carbocycles. The van der Waals surface area contributed by atoms with Gasteiger partial charge in [-0.15, -0.1) is 0 Å². The van der Waals surface area contributed by atoms with Crippen molar-refractivity contribution < 1.29 is 4.39 Å². The largest absolute Gasteiger partial charge is 0.358 e. The number of nitrogens with zero attached hydrogens (tertiary/aromatic N) is 2. The monoisotopic (exact) mass is 311 g/mol. The summed E-state index contributed by atoms with van der Waals surface area (Å²) in [7, 11) is 2.04. The molecule has 3 nitrogen and oxygen atoms in total. The Morgan fingerprint density at radius 3 is 2.83 bits per heavy atom. The summed E-state index contributed by atoms with van der Waals surface area (Å²) in [5, 5.41) is 3.33. The lowest BCUT2D eigenvalue weighted by Crippen LogP contribution is -2.34. The molecular formula is C19H22FN3. The minimum Gasteiger partial charge on any atom is -0.358 e. The van der Waals surface area contributed by atoms with Gasteiger partial charge in [0.2, 0.25) is 0 Å². The van der Waals surface area contributed by atoms with Crippen molar-refractivity contribution in [3.8, 4) is 0 Å². The van der Waals surface area contributed by atoms with Crippen LogP contribution in [-0.4, -0.2) is 37.4 Å². The van der Waals surface area contributed by atoms with Crippen LogP contribution in [0.2, 0.25) is 0 Å². The zero-order valence-corrected chi connectivity index (χ0v) is 13.6. The fourth-order valence-corrected chi connectivity index (χ4v) is 2.88. The first kappa shape index (κ1) is 15.7. The van der Waals surface area contributed by atoms with Gasteiger partial charge in [0.25, 0.3) is 0 Å². The van der Waals surface area contributed by atoms with Gasteiger partial charge in [-0.2, -0.15) is 0 Å². The molecule has 0 aromatic heterocycles. The van der Waals surface area contributed by atoms with Crippen molar-refractivity contribution in [2.75, 3.05) is 26.7 Å². The molecule has 1 N–H and O–H groups in total. The lowest BCUT2D eigenvalue weighted by atomic mass is 9.99. The average molecular weight is 311 g/mol. The number of amidine groups is 1. The van der Waals surface area contributed by atoms with Crippen LogP contribution in [0.1, 0.15) is 23.6 Å². The highest BCUT2D eigenvalue weighted by Gasteiger charge is 2.19. The summed E-state index contributed by atoms with van der Waals surface area (Å²) in [4.78, 5) is 6.94. The van der Waals surface area contributed by atoms with Crippen LogP contribution in [0.4, 0.5) is 10.1 Å². The quantitative estimate of drug-likeness (QED) is 0.877. The Morgan fingerprint density at radius 2 is 2.00 bits per heavy atom. The Balaban J connectivity index is 2.03. The maximum Gasteiger partial charge on any atom is 0.136 e. The molecule has 1 aliphatic heterocycles. The molecule has 0 aliphatic carbocycles. The SMILES string of the molecule is CCNCCN(C)C1=Nc2cc(F)ccc2Cc2ccccc21. The number of nitrogens with one attached hydrogen (secondary N) is 1. The molecule has 23 heavy (non-hydrogen) atoms. The van der Waals surface area contributed by atoms with Crippen molar-refractivity contribution in [3.63, 3.8) is 0 Å². The predicted molar refractivity (Wildman–Crippen MR) is 93.0 cm³/mol. The van der Waals surface area contributed by atoms with Gasteiger partial charge in [0.1, 0.15) is 11.7 Å². The Hall–Kier alpha value is -2.20. The molecule has 2 aromatic rings. The Labute approximate surface area is 136 Å². The van der Waals surface area contributed by atoms with Gasteiger partial charge in [-0.25, -0.2) is 9.38 Å². The van der Waals surface area contributed by atoms with Crippen molar-refractivity contribution in [1.82, 2.24) is 10.2 Å². The molecule has 1 aliphatic rings. The van der Waals surface area contributed by atoms with Gasteiger partial charge in [0.05, 0.1) is 5.69 Å². The number of rotatable bonds is 4. The van der Waals surface area contributed by atoms with E-state index in [0.29, 0.717) is 0 Å². The zero-order valence-electron chi connectivity index (χ0n) is 13.6. The maximum atomic E-state index is 13.6. The van der Waals surface area contributed by atoms with E-state index in [4.69, 9.17) is 4.99 Å². The molecule has 3 rings (SSSR count). The minimum absolute atomic E-state index is 0.242. The Kier molecular flexibility index (Phi) is 4.72. The van der Waals surface area contributed by atoms with Gasteiger partial charge in [0.15, 0.2) is 0 Å². The smallest absolute Gasteiger partial charge is 0.136 e. The Bertz CT molecular complexity index is 724. The molecule has 0 saturated carbocycles. The normalized spacial score (nSPS) is 12.9. The van der Waals surface area contributed by atoms with Crippen molar-refractivity contribution in [2.45, 2.75) is 13.3 Å². The van der Waals surface area contributed by atoms with Gasteiger partial charge in [-0.05, 0) is 29.8 Å². The molecule has 0 saturated heterocycles. The van der Waals surface area contributed by atoms with E-state index < -0.39 is 0 Å². The first-order valence-electron chi connectivity index (χ1n) is 8.06. The summed E-state index contributed by atoms with van der Waals surface area (Å²) in [6.45, 7) is 4.79. The Morgan fingerprint density at radius 1 is 1.17 bits per heavy atom. The molecular weight excluding hydrogens is 289 g/mol. The standard InChI is InChI=1S/C19H22FN3/c1-3-21-10-11-23(2)19-17-7-5-4-6-14(17)12-15-8-9-16(20)13-18(15)22-19/h4-9,13,21H,3,10-12H2,1-2H3. The van der Waals surface area contributed by atoms with Crippen molar-refractivity contribution in [1.29, 1.82) is 0 Å². The van der Waals surface area contributed by atoms with E-state index in [0.717, 1.165) is 48.7 Å². The summed E-state index contributed by atoms with van der Waals surface area (Å²) in [5.74, 6) is 0.663. The van der Waals surface area contributed by atoms with E-state index in [1.54, 1.807) is 0 Å². The van der Waals surface area contributed by atoms with Crippen LogP contribution in [0.25, 0.3) is 0 Å². The topological polar surface area (TPSA) is 27.6 Å². The third-order valence-electron chi connectivity index (χ3n) is 4.15. The van der Waals surface area contributed by atoms with E-state index in [1.165, 1.54) is 17.7 Å².